The molecule has 1 unspecified atom stereocenters. The van der Waals surface area contributed by atoms with Gasteiger partial charge in [0.05, 0.1) is 0 Å². The van der Waals surface area contributed by atoms with Crippen LogP contribution in [0, 0.1) is 3.57 Å². The van der Waals surface area contributed by atoms with Crippen LogP contribution in [0.15, 0.2) is 12.4 Å². The fourth-order valence-corrected chi connectivity index (χ4v) is 1.99. The average Bonchev–Trinajstić information content (AvgIpc) is 2.50. The second-order valence-electron chi connectivity index (χ2n) is 3.77. The van der Waals surface area contributed by atoms with Gasteiger partial charge in [-0.05, 0) is 42.0 Å². The summed E-state index contributed by atoms with van der Waals surface area (Å²) in [5, 5.41) is 6.77. The van der Waals surface area contributed by atoms with Gasteiger partial charge >= 0.3 is 0 Å². The van der Waals surface area contributed by atoms with Crippen molar-refractivity contribution in [3.8, 4) is 0 Å². The number of anilines is 1. The van der Waals surface area contributed by atoms with Crippen LogP contribution in [0.25, 0.3) is 0 Å². The average molecular weight is 318 g/mol. The summed E-state index contributed by atoms with van der Waals surface area (Å²) in [5.74, 6) is 0.740. The third-order valence-electron chi connectivity index (χ3n) is 2.50. The van der Waals surface area contributed by atoms with Gasteiger partial charge in [-0.1, -0.05) is 6.42 Å². The van der Waals surface area contributed by atoms with Crippen molar-refractivity contribution >= 4 is 28.5 Å². The Hall–Kier alpha value is -0.430. The molecule has 2 N–H and O–H groups in total. The molecule has 2 heterocycles. The normalized spacial score (nSPS) is 22.1. The van der Waals surface area contributed by atoms with Crippen LogP contribution < -0.4 is 10.6 Å². The Labute approximate surface area is 103 Å². The second-order valence-corrected chi connectivity index (χ2v) is 5.01. The standard InChI is InChI=1S/C10H15IN4/c11-8-5-13-10(14-6-8)15-9-3-1-2-4-12-7-9/h5-6,9,12H,1-4,7H2,(H,13,14,15). The van der Waals surface area contributed by atoms with Crippen LogP contribution >= 0.6 is 22.6 Å². The summed E-state index contributed by atoms with van der Waals surface area (Å²) in [4.78, 5) is 8.49. The number of nitrogens with zero attached hydrogens (tertiary/aromatic N) is 2. The molecule has 82 valence electrons. The first kappa shape index (κ1) is 11.1. The number of aromatic nitrogens is 2. The van der Waals surface area contributed by atoms with Crippen molar-refractivity contribution < 1.29 is 0 Å². The SMILES string of the molecule is Ic1cnc(NC2CCCCNC2)nc1. The van der Waals surface area contributed by atoms with E-state index in [2.05, 4.69) is 43.2 Å². The number of rotatable bonds is 2. The van der Waals surface area contributed by atoms with Crippen LogP contribution in [0.2, 0.25) is 0 Å². The van der Waals surface area contributed by atoms with Crippen molar-refractivity contribution in [2.24, 2.45) is 0 Å². The highest BCUT2D eigenvalue weighted by Gasteiger charge is 2.11. The third kappa shape index (κ3) is 3.57. The Morgan fingerprint density at radius 1 is 1.33 bits per heavy atom. The number of hydrogen-bond acceptors (Lipinski definition) is 4. The number of nitrogens with one attached hydrogen (secondary N) is 2. The summed E-state index contributed by atoms with van der Waals surface area (Å²) in [7, 11) is 0. The van der Waals surface area contributed by atoms with E-state index in [0.717, 1.165) is 22.6 Å². The predicted molar refractivity (Wildman–Crippen MR) is 68.9 cm³/mol. The van der Waals surface area contributed by atoms with Crippen molar-refractivity contribution in [1.82, 2.24) is 15.3 Å². The van der Waals surface area contributed by atoms with Gasteiger partial charge in [-0.15, -0.1) is 0 Å². The predicted octanol–water partition coefficient (Wildman–Crippen LogP) is 1.64. The monoisotopic (exact) mass is 318 g/mol. The Morgan fingerprint density at radius 2 is 2.13 bits per heavy atom. The Kier molecular flexibility index (Phi) is 4.13. The first-order valence-electron chi connectivity index (χ1n) is 5.29. The summed E-state index contributed by atoms with van der Waals surface area (Å²) in [6.07, 6.45) is 7.41. The van der Waals surface area contributed by atoms with E-state index < -0.39 is 0 Å². The third-order valence-corrected chi connectivity index (χ3v) is 3.06. The van der Waals surface area contributed by atoms with E-state index in [-0.39, 0.29) is 0 Å². The van der Waals surface area contributed by atoms with Gasteiger partial charge in [0, 0.05) is 28.6 Å². The molecule has 4 nitrogen and oxygen atoms in total. The van der Waals surface area contributed by atoms with Gasteiger partial charge in [0.1, 0.15) is 0 Å². The minimum absolute atomic E-state index is 0.465. The Balaban J connectivity index is 1.92. The molecule has 0 aliphatic carbocycles. The zero-order valence-electron chi connectivity index (χ0n) is 8.54. The summed E-state index contributed by atoms with van der Waals surface area (Å²) in [5.41, 5.74) is 0. The molecule has 0 radical (unpaired) electrons. The lowest BCUT2D eigenvalue weighted by Gasteiger charge is -2.15. The van der Waals surface area contributed by atoms with Gasteiger partial charge in [-0.25, -0.2) is 9.97 Å². The molecule has 0 bridgehead atoms. The molecule has 1 aliphatic rings. The van der Waals surface area contributed by atoms with Crippen LogP contribution in [0.3, 0.4) is 0 Å². The first-order chi connectivity index (χ1) is 7.34. The Bertz CT molecular complexity index is 293. The van der Waals surface area contributed by atoms with Crippen molar-refractivity contribution in [3.05, 3.63) is 16.0 Å². The van der Waals surface area contributed by atoms with Crippen molar-refractivity contribution in [2.75, 3.05) is 18.4 Å². The van der Waals surface area contributed by atoms with Gasteiger partial charge in [0.15, 0.2) is 0 Å². The lowest BCUT2D eigenvalue weighted by atomic mass is 10.1. The van der Waals surface area contributed by atoms with Crippen LogP contribution in [-0.4, -0.2) is 29.1 Å². The lowest BCUT2D eigenvalue weighted by Crippen LogP contribution is -2.31. The van der Waals surface area contributed by atoms with E-state index in [0.29, 0.717) is 6.04 Å². The second kappa shape index (κ2) is 5.60. The molecule has 1 aromatic rings. The fraction of sp³-hybridized carbons (Fsp3) is 0.600. The molecular weight excluding hydrogens is 303 g/mol. The molecular formula is C10H15IN4. The van der Waals surface area contributed by atoms with E-state index in [1.54, 1.807) is 0 Å². The first-order valence-corrected chi connectivity index (χ1v) is 6.37. The highest BCUT2D eigenvalue weighted by Crippen LogP contribution is 2.09. The van der Waals surface area contributed by atoms with E-state index in [1.807, 2.05) is 12.4 Å². The summed E-state index contributed by atoms with van der Waals surface area (Å²) in [6.45, 7) is 2.14. The molecule has 1 atom stereocenters. The van der Waals surface area contributed by atoms with Gasteiger partial charge in [0.2, 0.25) is 5.95 Å². The van der Waals surface area contributed by atoms with Crippen LogP contribution in [0.5, 0.6) is 0 Å². The van der Waals surface area contributed by atoms with Gasteiger partial charge < -0.3 is 10.6 Å². The molecule has 0 amide bonds. The maximum atomic E-state index is 4.25. The van der Waals surface area contributed by atoms with Crippen LogP contribution in [0.4, 0.5) is 5.95 Å². The van der Waals surface area contributed by atoms with Gasteiger partial charge in [-0.2, -0.15) is 0 Å². The highest BCUT2D eigenvalue weighted by atomic mass is 127. The van der Waals surface area contributed by atoms with Crippen LogP contribution in [0.1, 0.15) is 19.3 Å². The molecule has 1 aliphatic heterocycles. The van der Waals surface area contributed by atoms with Gasteiger partial charge in [-0.3, -0.25) is 0 Å². The smallest absolute Gasteiger partial charge is 0.222 e. The molecule has 0 aromatic carbocycles. The number of hydrogen-bond donors (Lipinski definition) is 2. The van der Waals surface area contributed by atoms with E-state index in [4.69, 9.17) is 0 Å². The summed E-state index contributed by atoms with van der Waals surface area (Å²) in [6, 6.07) is 0.465. The maximum Gasteiger partial charge on any atom is 0.222 e. The van der Waals surface area contributed by atoms with E-state index >= 15 is 0 Å². The Morgan fingerprint density at radius 3 is 2.93 bits per heavy atom. The van der Waals surface area contributed by atoms with E-state index in [1.165, 1.54) is 19.3 Å². The van der Waals surface area contributed by atoms with Gasteiger partial charge in [0.25, 0.3) is 0 Å². The molecule has 1 aromatic heterocycles. The molecule has 1 fully saturated rings. The van der Waals surface area contributed by atoms with Crippen LogP contribution in [-0.2, 0) is 0 Å². The van der Waals surface area contributed by atoms with E-state index in [9.17, 15) is 0 Å². The van der Waals surface area contributed by atoms with Crippen molar-refractivity contribution in [1.29, 1.82) is 0 Å². The molecule has 0 saturated carbocycles. The molecule has 2 rings (SSSR count). The van der Waals surface area contributed by atoms with Crippen molar-refractivity contribution in [3.63, 3.8) is 0 Å². The zero-order valence-corrected chi connectivity index (χ0v) is 10.7. The molecule has 1 saturated heterocycles. The highest BCUT2D eigenvalue weighted by molar-refractivity contribution is 14.1. The molecule has 5 heteroatoms. The fourth-order valence-electron chi connectivity index (χ4n) is 1.71. The number of halogens is 1. The minimum atomic E-state index is 0.465. The minimum Gasteiger partial charge on any atom is -0.350 e. The summed E-state index contributed by atoms with van der Waals surface area (Å²) >= 11 is 2.21. The topological polar surface area (TPSA) is 49.8 Å². The largest absolute Gasteiger partial charge is 0.350 e. The summed E-state index contributed by atoms with van der Waals surface area (Å²) < 4.78 is 1.07. The lowest BCUT2D eigenvalue weighted by molar-refractivity contribution is 0.631. The quantitative estimate of drug-likeness (QED) is 0.814. The van der Waals surface area contributed by atoms with Crippen molar-refractivity contribution in [2.45, 2.75) is 25.3 Å². The molecule has 0 spiro atoms. The maximum absolute atomic E-state index is 4.25. The zero-order chi connectivity index (χ0) is 10.5. The molecule has 15 heavy (non-hydrogen) atoms.